The van der Waals surface area contributed by atoms with Gasteiger partial charge in [0, 0.05) is 25.7 Å². The second-order valence-electron chi connectivity index (χ2n) is 28.8. The van der Waals surface area contributed by atoms with Gasteiger partial charge in [0.05, 0.1) is 26.4 Å². The summed E-state index contributed by atoms with van der Waals surface area (Å²) in [6.07, 6.45) is 52.9. The molecule has 564 valence electrons. The lowest BCUT2D eigenvalue weighted by atomic mass is 10.0. The number of hydrogen-bond acceptors (Lipinski definition) is 15. The van der Waals surface area contributed by atoms with Crippen LogP contribution in [0.25, 0.3) is 0 Å². The summed E-state index contributed by atoms with van der Waals surface area (Å²) in [6.45, 7) is 11.8. The van der Waals surface area contributed by atoms with Gasteiger partial charge in [0.2, 0.25) is 0 Å². The largest absolute Gasteiger partial charge is 0.472 e. The van der Waals surface area contributed by atoms with Gasteiger partial charge in [0.25, 0.3) is 0 Å². The molecular formula is C76H148O17P2. The molecule has 0 saturated heterocycles. The van der Waals surface area contributed by atoms with E-state index >= 15 is 0 Å². The van der Waals surface area contributed by atoms with Crippen LogP contribution < -0.4 is 0 Å². The lowest BCUT2D eigenvalue weighted by molar-refractivity contribution is -0.161. The molecule has 19 heteroatoms. The molecule has 95 heavy (non-hydrogen) atoms. The van der Waals surface area contributed by atoms with Gasteiger partial charge in [-0.15, -0.1) is 0 Å². The molecule has 5 atom stereocenters. The SMILES string of the molecule is CCCCCCCCCCCCCCCCCCCCCC(=O)O[C@H](COC(=O)CCCCCCCCCCCCCC(C)C)COP(=O)(O)OC[C@@H](O)COP(=O)(O)OC[C@@H](COC(=O)CCCCCCCCCC(C)C)OC(=O)CCCCCCCCCCCC(C)C. The molecule has 0 aromatic heterocycles. The topological polar surface area (TPSA) is 237 Å². The molecule has 0 bridgehead atoms. The van der Waals surface area contributed by atoms with Crippen molar-refractivity contribution in [2.75, 3.05) is 39.6 Å². The summed E-state index contributed by atoms with van der Waals surface area (Å²) in [7, 11) is -9.91. The van der Waals surface area contributed by atoms with Gasteiger partial charge in [-0.05, 0) is 43.4 Å². The number of rotatable bonds is 74. The quantitative estimate of drug-likeness (QED) is 0.0222. The first-order valence-electron chi connectivity index (χ1n) is 39.3. The number of aliphatic hydroxyl groups is 1. The maximum absolute atomic E-state index is 13.1. The minimum absolute atomic E-state index is 0.104. The summed E-state index contributed by atoms with van der Waals surface area (Å²) in [5.74, 6) is 0.0927. The normalized spacial score (nSPS) is 14.1. The first kappa shape index (κ1) is 93.1. The highest BCUT2D eigenvalue weighted by Gasteiger charge is 2.30. The Morgan fingerprint density at radius 3 is 0.716 bits per heavy atom. The molecule has 0 aliphatic rings. The van der Waals surface area contributed by atoms with E-state index in [0.717, 1.165) is 108 Å². The zero-order chi connectivity index (χ0) is 70.1. The lowest BCUT2D eigenvalue weighted by Crippen LogP contribution is -2.30. The van der Waals surface area contributed by atoms with Crippen LogP contribution in [0.3, 0.4) is 0 Å². The summed E-state index contributed by atoms with van der Waals surface area (Å²) < 4.78 is 68.5. The number of carbonyl (C=O) groups excluding carboxylic acids is 4. The van der Waals surface area contributed by atoms with Crippen molar-refractivity contribution in [3.05, 3.63) is 0 Å². The molecule has 3 N–H and O–H groups in total. The van der Waals surface area contributed by atoms with Crippen molar-refractivity contribution in [3.63, 3.8) is 0 Å². The number of hydrogen-bond donors (Lipinski definition) is 3. The molecular weight excluding hydrogens is 1250 g/mol. The van der Waals surface area contributed by atoms with Crippen LogP contribution in [0, 0.1) is 17.8 Å². The van der Waals surface area contributed by atoms with E-state index in [1.165, 1.54) is 193 Å². The Labute approximate surface area is 581 Å². The van der Waals surface area contributed by atoms with E-state index in [9.17, 15) is 43.2 Å². The predicted molar refractivity (Wildman–Crippen MR) is 386 cm³/mol. The predicted octanol–water partition coefficient (Wildman–Crippen LogP) is 22.2. The van der Waals surface area contributed by atoms with E-state index in [0.29, 0.717) is 31.6 Å². The molecule has 0 fully saturated rings. The molecule has 0 aromatic rings. The third-order valence-electron chi connectivity index (χ3n) is 17.6. The van der Waals surface area contributed by atoms with Crippen molar-refractivity contribution in [1.29, 1.82) is 0 Å². The van der Waals surface area contributed by atoms with Crippen LogP contribution in [0.5, 0.6) is 0 Å². The minimum Gasteiger partial charge on any atom is -0.462 e. The second-order valence-corrected chi connectivity index (χ2v) is 31.7. The molecule has 0 heterocycles. The fraction of sp³-hybridized carbons (Fsp3) is 0.947. The standard InChI is InChI=1S/C76H148O17P2/c1-8-9-10-11-12-13-14-15-16-17-18-19-20-21-24-30-37-45-52-59-75(80)92-71(63-86-73(78)57-50-43-36-29-25-22-23-27-33-40-47-54-67(2)3)65-90-94(82,83)88-61-70(77)62-89-95(84,85)91-66-72(64-87-74(79)58-51-44-39-32-35-42-49-56-69(6)7)93-76(81)60-53-46-38-31-26-28-34-41-48-55-68(4)5/h67-72,77H,8-66H2,1-7H3,(H,82,83)(H,84,85)/t70-,71-,72-/m1/s1. The Hall–Kier alpha value is -1.94. The van der Waals surface area contributed by atoms with E-state index in [4.69, 9.17) is 37.0 Å². The van der Waals surface area contributed by atoms with Gasteiger partial charge in [-0.2, -0.15) is 0 Å². The smallest absolute Gasteiger partial charge is 0.462 e. The number of esters is 4. The van der Waals surface area contributed by atoms with E-state index in [-0.39, 0.29) is 25.7 Å². The average molecular weight is 1400 g/mol. The molecule has 0 aliphatic heterocycles. The van der Waals surface area contributed by atoms with Crippen LogP contribution in [0.2, 0.25) is 0 Å². The molecule has 0 amide bonds. The van der Waals surface area contributed by atoms with E-state index in [2.05, 4.69) is 48.5 Å². The summed E-state index contributed by atoms with van der Waals surface area (Å²) in [4.78, 5) is 72.8. The first-order valence-corrected chi connectivity index (χ1v) is 42.3. The number of ether oxygens (including phenoxy) is 4. The maximum atomic E-state index is 13.1. The monoisotopic (exact) mass is 1400 g/mol. The third-order valence-corrected chi connectivity index (χ3v) is 19.5. The highest BCUT2D eigenvalue weighted by Crippen LogP contribution is 2.45. The van der Waals surface area contributed by atoms with Gasteiger partial charge in [-0.1, -0.05) is 337 Å². The van der Waals surface area contributed by atoms with Crippen LogP contribution in [0.4, 0.5) is 0 Å². The molecule has 0 aromatic carbocycles. The summed E-state index contributed by atoms with van der Waals surface area (Å²) >= 11 is 0. The second kappa shape index (κ2) is 66.6. The molecule has 0 aliphatic carbocycles. The minimum atomic E-state index is -4.96. The van der Waals surface area contributed by atoms with Crippen LogP contribution in [-0.4, -0.2) is 96.7 Å². The van der Waals surface area contributed by atoms with Crippen molar-refractivity contribution in [2.24, 2.45) is 17.8 Å². The van der Waals surface area contributed by atoms with Crippen molar-refractivity contribution < 1.29 is 80.2 Å². The van der Waals surface area contributed by atoms with Gasteiger partial charge < -0.3 is 33.8 Å². The fourth-order valence-corrected chi connectivity index (χ4v) is 13.2. The Kier molecular flexibility index (Phi) is 65.2. The van der Waals surface area contributed by atoms with Crippen LogP contribution in [0.1, 0.15) is 389 Å². The number of aliphatic hydroxyl groups excluding tert-OH is 1. The first-order chi connectivity index (χ1) is 45.7. The van der Waals surface area contributed by atoms with E-state index in [1.54, 1.807) is 0 Å². The van der Waals surface area contributed by atoms with Gasteiger partial charge in [0.1, 0.15) is 19.3 Å². The van der Waals surface area contributed by atoms with Gasteiger partial charge >= 0.3 is 39.5 Å². The Bertz CT molecular complexity index is 1850. The molecule has 17 nitrogen and oxygen atoms in total. The molecule has 0 rings (SSSR count). The molecule has 0 radical (unpaired) electrons. The van der Waals surface area contributed by atoms with Gasteiger partial charge in [-0.25, -0.2) is 9.13 Å². The third kappa shape index (κ3) is 70.3. The van der Waals surface area contributed by atoms with Crippen LogP contribution >= 0.6 is 15.6 Å². The zero-order valence-electron chi connectivity index (χ0n) is 62.1. The summed E-state index contributed by atoms with van der Waals surface area (Å²) in [5.41, 5.74) is 0. The highest BCUT2D eigenvalue weighted by molar-refractivity contribution is 7.47. The van der Waals surface area contributed by atoms with Crippen molar-refractivity contribution in [2.45, 2.75) is 407 Å². The van der Waals surface area contributed by atoms with Gasteiger partial charge in [0.15, 0.2) is 12.2 Å². The van der Waals surface area contributed by atoms with Gasteiger partial charge in [-0.3, -0.25) is 37.3 Å². The summed E-state index contributed by atoms with van der Waals surface area (Å²) in [5, 5.41) is 10.6. The highest BCUT2D eigenvalue weighted by atomic mass is 31.2. The van der Waals surface area contributed by atoms with Crippen LogP contribution in [0.15, 0.2) is 0 Å². The maximum Gasteiger partial charge on any atom is 0.472 e. The van der Waals surface area contributed by atoms with Crippen LogP contribution in [-0.2, 0) is 65.4 Å². The molecule has 0 spiro atoms. The number of carbonyl (C=O) groups is 4. The zero-order valence-corrected chi connectivity index (χ0v) is 63.9. The average Bonchev–Trinajstić information content (AvgIpc) is 1.23. The Morgan fingerprint density at radius 1 is 0.284 bits per heavy atom. The van der Waals surface area contributed by atoms with E-state index < -0.39 is 97.5 Å². The lowest BCUT2D eigenvalue weighted by Gasteiger charge is -2.21. The number of phosphoric ester groups is 2. The number of phosphoric acid groups is 2. The Balaban J connectivity index is 5.23. The Morgan fingerprint density at radius 2 is 0.484 bits per heavy atom. The van der Waals surface area contributed by atoms with E-state index in [1.807, 2.05) is 0 Å². The fourth-order valence-electron chi connectivity index (χ4n) is 11.6. The molecule has 2 unspecified atom stereocenters. The van der Waals surface area contributed by atoms with Crippen molar-refractivity contribution in [1.82, 2.24) is 0 Å². The summed E-state index contributed by atoms with van der Waals surface area (Å²) in [6, 6.07) is 0. The van der Waals surface area contributed by atoms with Crippen molar-refractivity contribution in [3.8, 4) is 0 Å². The molecule has 0 saturated carbocycles. The number of unbranched alkanes of at least 4 members (excludes halogenated alkanes) is 42. The van der Waals surface area contributed by atoms with Crippen molar-refractivity contribution >= 4 is 39.5 Å².